The van der Waals surface area contributed by atoms with E-state index in [1.54, 1.807) is 30.3 Å². The van der Waals surface area contributed by atoms with Crippen LogP contribution in [0.5, 0.6) is 0 Å². The Morgan fingerprint density at radius 2 is 2.05 bits per heavy atom. The highest BCUT2D eigenvalue weighted by Crippen LogP contribution is 2.23. The Balaban J connectivity index is 2.08. The molecule has 1 amide bonds. The molecule has 108 valence electrons. The molecule has 2 rings (SSSR count). The van der Waals surface area contributed by atoms with Crippen molar-refractivity contribution < 1.29 is 14.7 Å². The molecule has 0 atom stereocenters. The summed E-state index contributed by atoms with van der Waals surface area (Å²) in [6, 6.07) is 8.00. The SMILES string of the molecule is O=C(O)Cc1ccc(NC(=O)c2ccc(Cl)c(Br)c2)cn1. The van der Waals surface area contributed by atoms with Crippen molar-refractivity contribution in [3.8, 4) is 0 Å². The Kier molecular flexibility index (Phi) is 4.93. The summed E-state index contributed by atoms with van der Waals surface area (Å²) in [6.07, 6.45) is 1.26. The number of hydrogen-bond acceptors (Lipinski definition) is 3. The molecule has 21 heavy (non-hydrogen) atoms. The summed E-state index contributed by atoms with van der Waals surface area (Å²) in [5.74, 6) is -1.26. The molecular formula is C14H10BrClN2O3. The van der Waals surface area contributed by atoms with Gasteiger partial charge in [-0.3, -0.25) is 14.6 Å². The van der Waals surface area contributed by atoms with Gasteiger partial charge in [-0.05, 0) is 46.3 Å². The lowest BCUT2D eigenvalue weighted by molar-refractivity contribution is -0.136. The summed E-state index contributed by atoms with van der Waals surface area (Å²) in [6.45, 7) is 0. The average Bonchev–Trinajstić information content (AvgIpc) is 2.43. The third kappa shape index (κ3) is 4.27. The average molecular weight is 370 g/mol. The molecule has 0 saturated heterocycles. The van der Waals surface area contributed by atoms with Gasteiger partial charge in [-0.25, -0.2) is 0 Å². The zero-order valence-corrected chi connectivity index (χ0v) is 13.0. The normalized spacial score (nSPS) is 10.2. The lowest BCUT2D eigenvalue weighted by Crippen LogP contribution is -2.12. The number of aliphatic carboxylic acids is 1. The van der Waals surface area contributed by atoms with Crippen molar-refractivity contribution in [3.63, 3.8) is 0 Å². The van der Waals surface area contributed by atoms with Crippen LogP contribution >= 0.6 is 27.5 Å². The number of aromatic nitrogens is 1. The van der Waals surface area contributed by atoms with E-state index >= 15 is 0 Å². The summed E-state index contributed by atoms with van der Waals surface area (Å²) >= 11 is 9.12. The zero-order valence-electron chi connectivity index (χ0n) is 10.6. The molecule has 0 spiro atoms. The quantitative estimate of drug-likeness (QED) is 0.866. The summed E-state index contributed by atoms with van der Waals surface area (Å²) in [4.78, 5) is 26.6. The van der Waals surface area contributed by atoms with Crippen molar-refractivity contribution in [2.24, 2.45) is 0 Å². The minimum absolute atomic E-state index is 0.154. The topological polar surface area (TPSA) is 79.3 Å². The molecule has 1 aromatic heterocycles. The van der Waals surface area contributed by atoms with Gasteiger partial charge >= 0.3 is 5.97 Å². The van der Waals surface area contributed by atoms with Crippen molar-refractivity contribution in [1.82, 2.24) is 4.98 Å². The number of carbonyl (C=O) groups is 2. The molecule has 1 aromatic carbocycles. The number of pyridine rings is 1. The van der Waals surface area contributed by atoms with Crippen LogP contribution in [0.25, 0.3) is 0 Å². The fourth-order valence-electron chi connectivity index (χ4n) is 1.60. The van der Waals surface area contributed by atoms with Crippen LogP contribution in [0.15, 0.2) is 41.0 Å². The third-order valence-corrected chi connectivity index (χ3v) is 3.81. The van der Waals surface area contributed by atoms with Gasteiger partial charge in [-0.15, -0.1) is 0 Å². The molecular weight excluding hydrogens is 360 g/mol. The number of nitrogens with one attached hydrogen (secondary N) is 1. The van der Waals surface area contributed by atoms with Crippen LogP contribution in [0, 0.1) is 0 Å². The van der Waals surface area contributed by atoms with Gasteiger partial charge in [-0.2, -0.15) is 0 Å². The summed E-state index contributed by atoms with van der Waals surface area (Å²) in [5.41, 5.74) is 1.36. The molecule has 0 unspecified atom stereocenters. The van der Waals surface area contributed by atoms with E-state index in [-0.39, 0.29) is 12.3 Å². The molecule has 0 aliphatic rings. The number of anilines is 1. The Morgan fingerprint density at radius 3 is 2.62 bits per heavy atom. The summed E-state index contributed by atoms with van der Waals surface area (Å²) < 4.78 is 0.631. The Hall–Kier alpha value is -1.92. The predicted molar refractivity (Wildman–Crippen MR) is 82.7 cm³/mol. The largest absolute Gasteiger partial charge is 0.481 e. The molecule has 5 nitrogen and oxygen atoms in total. The second-order valence-corrected chi connectivity index (χ2v) is 5.45. The maximum Gasteiger partial charge on any atom is 0.309 e. The van der Waals surface area contributed by atoms with Gasteiger partial charge in [0.15, 0.2) is 0 Å². The Bertz CT molecular complexity index is 689. The van der Waals surface area contributed by atoms with Crippen LogP contribution in [0.3, 0.4) is 0 Å². The number of nitrogens with zero attached hydrogens (tertiary/aromatic N) is 1. The highest BCUT2D eigenvalue weighted by Gasteiger charge is 2.09. The van der Waals surface area contributed by atoms with Crippen LogP contribution in [0.2, 0.25) is 5.02 Å². The lowest BCUT2D eigenvalue weighted by Gasteiger charge is -2.06. The maximum atomic E-state index is 12.0. The van der Waals surface area contributed by atoms with Gasteiger partial charge < -0.3 is 10.4 Å². The first-order chi connectivity index (χ1) is 9.95. The maximum absolute atomic E-state index is 12.0. The smallest absolute Gasteiger partial charge is 0.309 e. The first-order valence-corrected chi connectivity index (χ1v) is 7.06. The second kappa shape index (κ2) is 6.69. The molecule has 0 radical (unpaired) electrons. The van der Waals surface area contributed by atoms with Gasteiger partial charge in [0.05, 0.1) is 29.0 Å². The van der Waals surface area contributed by atoms with E-state index < -0.39 is 5.97 Å². The van der Waals surface area contributed by atoms with Crippen molar-refractivity contribution in [2.75, 3.05) is 5.32 Å². The van der Waals surface area contributed by atoms with Gasteiger partial charge in [0, 0.05) is 10.0 Å². The van der Waals surface area contributed by atoms with E-state index in [2.05, 4.69) is 26.2 Å². The molecule has 2 aromatic rings. The molecule has 0 aliphatic carbocycles. The number of amides is 1. The third-order valence-electron chi connectivity index (χ3n) is 2.60. The van der Waals surface area contributed by atoms with Gasteiger partial charge in [0.2, 0.25) is 0 Å². The van der Waals surface area contributed by atoms with E-state index in [1.807, 2.05) is 0 Å². The number of benzene rings is 1. The molecule has 0 fully saturated rings. The zero-order chi connectivity index (χ0) is 15.4. The van der Waals surface area contributed by atoms with E-state index in [1.165, 1.54) is 6.20 Å². The summed E-state index contributed by atoms with van der Waals surface area (Å²) in [7, 11) is 0. The van der Waals surface area contributed by atoms with Gasteiger partial charge in [0.1, 0.15) is 0 Å². The minimum atomic E-state index is -0.953. The standard InChI is InChI=1S/C14H10BrClN2O3/c15-11-5-8(1-4-12(11)16)14(21)18-10-3-2-9(17-7-10)6-13(19)20/h1-5,7H,6H2,(H,18,21)(H,19,20). The minimum Gasteiger partial charge on any atom is -0.481 e. The molecule has 0 saturated carbocycles. The number of carboxylic acids is 1. The number of carboxylic acid groups (broad SMARTS) is 1. The first kappa shape index (κ1) is 15.5. The van der Waals surface area contributed by atoms with Crippen molar-refractivity contribution in [1.29, 1.82) is 0 Å². The van der Waals surface area contributed by atoms with Crippen molar-refractivity contribution in [2.45, 2.75) is 6.42 Å². The van der Waals surface area contributed by atoms with E-state index in [9.17, 15) is 9.59 Å². The summed E-state index contributed by atoms with van der Waals surface area (Å²) in [5, 5.41) is 11.8. The van der Waals surface area contributed by atoms with E-state index in [4.69, 9.17) is 16.7 Å². The number of carbonyl (C=O) groups excluding carboxylic acids is 1. The Labute approximate surface area is 134 Å². The molecule has 2 N–H and O–H groups in total. The first-order valence-electron chi connectivity index (χ1n) is 5.89. The fourth-order valence-corrected chi connectivity index (χ4v) is 2.09. The van der Waals surface area contributed by atoms with E-state index in [0.717, 1.165) is 0 Å². The van der Waals surface area contributed by atoms with Crippen LogP contribution in [-0.2, 0) is 11.2 Å². The van der Waals surface area contributed by atoms with Crippen LogP contribution < -0.4 is 5.32 Å². The number of hydrogen-bond donors (Lipinski definition) is 2. The molecule has 0 bridgehead atoms. The van der Waals surface area contributed by atoms with Crippen LogP contribution in [-0.4, -0.2) is 22.0 Å². The van der Waals surface area contributed by atoms with Gasteiger partial charge in [-0.1, -0.05) is 11.6 Å². The van der Waals surface area contributed by atoms with Crippen LogP contribution in [0.4, 0.5) is 5.69 Å². The monoisotopic (exact) mass is 368 g/mol. The highest BCUT2D eigenvalue weighted by atomic mass is 79.9. The van der Waals surface area contributed by atoms with Gasteiger partial charge in [0.25, 0.3) is 5.91 Å². The fraction of sp³-hybridized carbons (Fsp3) is 0.0714. The number of rotatable bonds is 4. The molecule has 7 heteroatoms. The predicted octanol–water partition coefficient (Wildman–Crippen LogP) is 3.38. The molecule has 0 aliphatic heterocycles. The van der Waals surface area contributed by atoms with E-state index in [0.29, 0.717) is 26.4 Å². The molecule has 1 heterocycles. The van der Waals surface area contributed by atoms with Crippen molar-refractivity contribution >= 4 is 45.1 Å². The second-order valence-electron chi connectivity index (χ2n) is 4.19. The lowest BCUT2D eigenvalue weighted by atomic mass is 10.2. The van der Waals surface area contributed by atoms with Crippen LogP contribution in [0.1, 0.15) is 16.1 Å². The number of halogens is 2. The Morgan fingerprint density at radius 1 is 1.29 bits per heavy atom. The van der Waals surface area contributed by atoms with Crippen molar-refractivity contribution in [3.05, 3.63) is 57.3 Å². The highest BCUT2D eigenvalue weighted by molar-refractivity contribution is 9.10.